The van der Waals surface area contributed by atoms with E-state index in [1.807, 2.05) is 30.3 Å². The lowest BCUT2D eigenvalue weighted by Crippen LogP contribution is -2.07. The van der Waals surface area contributed by atoms with Gasteiger partial charge in [-0.1, -0.05) is 44.2 Å². The highest BCUT2D eigenvalue weighted by atomic mass is 16.1. The fourth-order valence-electron chi connectivity index (χ4n) is 1.30. The monoisotopic (exact) mass is 162 g/mol. The van der Waals surface area contributed by atoms with Gasteiger partial charge in [-0.15, -0.1) is 0 Å². The van der Waals surface area contributed by atoms with Crippen molar-refractivity contribution in [2.45, 2.75) is 19.8 Å². The maximum atomic E-state index is 10.7. The third kappa shape index (κ3) is 1.94. The highest BCUT2D eigenvalue weighted by molar-refractivity contribution is 5.62. The molecule has 0 spiro atoms. The van der Waals surface area contributed by atoms with E-state index in [2.05, 4.69) is 13.8 Å². The molecule has 0 aliphatic carbocycles. The van der Waals surface area contributed by atoms with Crippen molar-refractivity contribution in [3.8, 4) is 0 Å². The van der Waals surface area contributed by atoms with E-state index in [4.69, 9.17) is 0 Å². The van der Waals surface area contributed by atoms with Gasteiger partial charge in [0, 0.05) is 5.92 Å². The minimum Gasteiger partial charge on any atom is -0.303 e. The molecule has 0 N–H and O–H groups in total. The quantitative estimate of drug-likeness (QED) is 0.624. The van der Waals surface area contributed by atoms with Crippen molar-refractivity contribution in [2.75, 3.05) is 0 Å². The SMILES string of the molecule is CC(C)[C@@H](C=O)c1ccccc1. The number of carbonyl (C=O) groups excluding carboxylic acids is 1. The lowest BCUT2D eigenvalue weighted by atomic mass is 9.90. The van der Waals surface area contributed by atoms with Gasteiger partial charge in [-0.3, -0.25) is 0 Å². The number of carbonyl (C=O) groups is 1. The Morgan fingerprint density at radius 2 is 1.75 bits per heavy atom. The molecule has 0 heterocycles. The molecule has 1 atom stereocenters. The molecule has 0 aliphatic rings. The van der Waals surface area contributed by atoms with Gasteiger partial charge in [0.05, 0.1) is 0 Å². The summed E-state index contributed by atoms with van der Waals surface area (Å²) in [6.45, 7) is 4.12. The molecule has 1 aromatic rings. The van der Waals surface area contributed by atoms with Crippen LogP contribution < -0.4 is 0 Å². The first-order chi connectivity index (χ1) is 5.75. The van der Waals surface area contributed by atoms with Gasteiger partial charge in [0.1, 0.15) is 6.29 Å². The second kappa shape index (κ2) is 4.05. The van der Waals surface area contributed by atoms with Crippen molar-refractivity contribution >= 4 is 6.29 Å². The number of aldehydes is 1. The summed E-state index contributed by atoms with van der Waals surface area (Å²) in [6.07, 6.45) is 1.03. The standard InChI is InChI=1S/C11H14O/c1-9(2)11(8-12)10-6-4-3-5-7-10/h3-9,11H,1-2H3/t11-/m1/s1. The summed E-state index contributed by atoms with van der Waals surface area (Å²) in [5, 5.41) is 0. The molecular formula is C11H14O. The zero-order chi connectivity index (χ0) is 8.97. The van der Waals surface area contributed by atoms with Crippen molar-refractivity contribution in [1.29, 1.82) is 0 Å². The van der Waals surface area contributed by atoms with Gasteiger partial charge in [-0.2, -0.15) is 0 Å². The molecule has 1 heteroatoms. The largest absolute Gasteiger partial charge is 0.303 e. The minimum absolute atomic E-state index is 0.0474. The van der Waals surface area contributed by atoms with E-state index >= 15 is 0 Å². The minimum atomic E-state index is 0.0474. The van der Waals surface area contributed by atoms with Crippen molar-refractivity contribution in [1.82, 2.24) is 0 Å². The summed E-state index contributed by atoms with van der Waals surface area (Å²) < 4.78 is 0. The Morgan fingerprint density at radius 1 is 1.17 bits per heavy atom. The van der Waals surface area contributed by atoms with Crippen LogP contribution in [0.25, 0.3) is 0 Å². The Bertz CT molecular complexity index is 238. The molecule has 0 radical (unpaired) electrons. The molecule has 0 aromatic heterocycles. The maximum absolute atomic E-state index is 10.7. The Kier molecular flexibility index (Phi) is 3.03. The van der Waals surface area contributed by atoms with Crippen LogP contribution in [0.1, 0.15) is 25.3 Å². The fraction of sp³-hybridized carbons (Fsp3) is 0.364. The van der Waals surface area contributed by atoms with E-state index < -0.39 is 0 Å². The van der Waals surface area contributed by atoms with Gasteiger partial charge in [-0.05, 0) is 11.5 Å². The van der Waals surface area contributed by atoms with Crippen LogP contribution in [0.15, 0.2) is 30.3 Å². The van der Waals surface area contributed by atoms with Crippen LogP contribution in [0.2, 0.25) is 0 Å². The predicted molar refractivity (Wildman–Crippen MR) is 50.1 cm³/mol. The molecule has 12 heavy (non-hydrogen) atoms. The molecule has 0 saturated carbocycles. The van der Waals surface area contributed by atoms with Crippen molar-refractivity contribution in [2.24, 2.45) is 5.92 Å². The molecule has 1 rings (SSSR count). The Hall–Kier alpha value is -1.11. The van der Waals surface area contributed by atoms with E-state index in [1.165, 1.54) is 0 Å². The van der Waals surface area contributed by atoms with Gasteiger partial charge in [0.2, 0.25) is 0 Å². The van der Waals surface area contributed by atoms with Gasteiger partial charge < -0.3 is 4.79 Å². The zero-order valence-electron chi connectivity index (χ0n) is 7.53. The van der Waals surface area contributed by atoms with E-state index in [0.29, 0.717) is 5.92 Å². The highest BCUT2D eigenvalue weighted by Crippen LogP contribution is 2.21. The van der Waals surface area contributed by atoms with E-state index in [0.717, 1.165) is 11.8 Å². The molecule has 0 unspecified atom stereocenters. The summed E-state index contributed by atoms with van der Waals surface area (Å²) in [7, 11) is 0. The van der Waals surface area contributed by atoms with Crippen molar-refractivity contribution in [3.05, 3.63) is 35.9 Å². The number of rotatable bonds is 3. The van der Waals surface area contributed by atoms with Crippen LogP contribution in [0.3, 0.4) is 0 Å². The zero-order valence-corrected chi connectivity index (χ0v) is 7.53. The lowest BCUT2D eigenvalue weighted by Gasteiger charge is -2.13. The van der Waals surface area contributed by atoms with Crippen molar-refractivity contribution in [3.63, 3.8) is 0 Å². The van der Waals surface area contributed by atoms with E-state index in [1.54, 1.807) is 0 Å². The number of benzene rings is 1. The van der Waals surface area contributed by atoms with Gasteiger partial charge in [0.25, 0.3) is 0 Å². The summed E-state index contributed by atoms with van der Waals surface area (Å²) in [5.74, 6) is 0.427. The Morgan fingerprint density at radius 3 is 2.17 bits per heavy atom. The Labute approximate surface area is 73.4 Å². The molecule has 0 aliphatic heterocycles. The smallest absolute Gasteiger partial charge is 0.127 e. The molecule has 64 valence electrons. The second-order valence-corrected chi connectivity index (χ2v) is 3.32. The van der Waals surface area contributed by atoms with Gasteiger partial charge in [-0.25, -0.2) is 0 Å². The fourth-order valence-corrected chi connectivity index (χ4v) is 1.30. The molecule has 1 nitrogen and oxygen atoms in total. The first kappa shape index (κ1) is 8.98. The topological polar surface area (TPSA) is 17.1 Å². The lowest BCUT2D eigenvalue weighted by molar-refractivity contribution is -0.109. The Balaban J connectivity index is 2.88. The average Bonchev–Trinajstić information content (AvgIpc) is 2.07. The molecular weight excluding hydrogens is 148 g/mol. The summed E-state index contributed by atoms with van der Waals surface area (Å²) >= 11 is 0. The summed E-state index contributed by atoms with van der Waals surface area (Å²) in [5.41, 5.74) is 1.11. The molecule has 0 fully saturated rings. The van der Waals surface area contributed by atoms with E-state index in [9.17, 15) is 4.79 Å². The van der Waals surface area contributed by atoms with Crippen LogP contribution in [-0.2, 0) is 4.79 Å². The van der Waals surface area contributed by atoms with Crippen LogP contribution >= 0.6 is 0 Å². The summed E-state index contributed by atoms with van der Waals surface area (Å²) in [6, 6.07) is 9.90. The number of hydrogen-bond donors (Lipinski definition) is 0. The van der Waals surface area contributed by atoms with Gasteiger partial charge in [0.15, 0.2) is 0 Å². The third-order valence-corrected chi connectivity index (χ3v) is 2.05. The number of hydrogen-bond acceptors (Lipinski definition) is 1. The highest BCUT2D eigenvalue weighted by Gasteiger charge is 2.13. The van der Waals surface area contributed by atoms with E-state index in [-0.39, 0.29) is 5.92 Å². The van der Waals surface area contributed by atoms with Gasteiger partial charge >= 0.3 is 0 Å². The molecule has 0 saturated heterocycles. The molecule has 1 aromatic carbocycles. The van der Waals surface area contributed by atoms with Crippen LogP contribution in [-0.4, -0.2) is 6.29 Å². The van der Waals surface area contributed by atoms with Crippen LogP contribution in [0.4, 0.5) is 0 Å². The van der Waals surface area contributed by atoms with Crippen molar-refractivity contribution < 1.29 is 4.79 Å². The first-order valence-corrected chi connectivity index (χ1v) is 4.26. The second-order valence-electron chi connectivity index (χ2n) is 3.32. The first-order valence-electron chi connectivity index (χ1n) is 4.26. The predicted octanol–water partition coefficient (Wildman–Crippen LogP) is 2.63. The normalized spacial score (nSPS) is 12.9. The maximum Gasteiger partial charge on any atom is 0.127 e. The third-order valence-electron chi connectivity index (χ3n) is 2.05. The molecule has 0 amide bonds. The summed E-state index contributed by atoms with van der Waals surface area (Å²) in [4.78, 5) is 10.7. The molecule has 0 bridgehead atoms. The van der Waals surface area contributed by atoms with Crippen LogP contribution in [0.5, 0.6) is 0 Å². The van der Waals surface area contributed by atoms with Crippen LogP contribution in [0, 0.1) is 5.92 Å². The average molecular weight is 162 g/mol.